The Morgan fingerprint density at radius 2 is 2.00 bits per heavy atom. The smallest absolute Gasteiger partial charge is 0.340 e. The summed E-state index contributed by atoms with van der Waals surface area (Å²) in [5.41, 5.74) is 1.03. The van der Waals surface area contributed by atoms with Crippen LogP contribution in [0.4, 0.5) is 17.1 Å². The normalized spacial score (nSPS) is 10.0. The number of esters is 1. The summed E-state index contributed by atoms with van der Waals surface area (Å²) in [6, 6.07) is 2.86. The topological polar surface area (TPSA) is 84.7 Å². The first-order valence-corrected chi connectivity index (χ1v) is 6.33. The number of carbonyl (C=O) groups excluding carboxylic acids is 1. The Bertz CT molecular complexity index is 513. The fourth-order valence-corrected chi connectivity index (χ4v) is 2.03. The van der Waals surface area contributed by atoms with E-state index >= 15 is 0 Å². The predicted molar refractivity (Wildman–Crippen MR) is 77.5 cm³/mol. The number of carbonyl (C=O) groups is 1. The van der Waals surface area contributed by atoms with Gasteiger partial charge in [-0.1, -0.05) is 0 Å². The van der Waals surface area contributed by atoms with Crippen molar-refractivity contribution >= 4 is 23.0 Å². The van der Waals surface area contributed by atoms with Gasteiger partial charge in [0.1, 0.15) is 5.69 Å². The third-order valence-electron chi connectivity index (χ3n) is 3.09. The quantitative estimate of drug-likeness (QED) is 0.489. The number of nitro benzene ring substituents is 1. The minimum atomic E-state index is -0.586. The van der Waals surface area contributed by atoms with Gasteiger partial charge in [-0.25, -0.2) is 4.79 Å². The highest BCUT2D eigenvalue weighted by Crippen LogP contribution is 2.33. The number of hydrogen-bond donors (Lipinski definition) is 1. The first-order valence-electron chi connectivity index (χ1n) is 6.33. The number of ether oxygens (including phenoxy) is 1. The van der Waals surface area contributed by atoms with E-state index in [1.54, 1.807) is 13.1 Å². The molecule has 0 fully saturated rings. The van der Waals surface area contributed by atoms with Crippen LogP contribution in [0.1, 0.15) is 24.2 Å². The van der Waals surface area contributed by atoms with Crippen molar-refractivity contribution in [3.8, 4) is 0 Å². The third kappa shape index (κ3) is 2.98. The molecule has 0 aromatic heterocycles. The van der Waals surface area contributed by atoms with Crippen LogP contribution in [-0.2, 0) is 4.74 Å². The molecule has 1 rings (SSSR count). The Balaban J connectivity index is 3.54. The molecule has 1 aromatic carbocycles. The van der Waals surface area contributed by atoms with E-state index in [-0.39, 0.29) is 11.3 Å². The highest BCUT2D eigenvalue weighted by atomic mass is 16.6. The van der Waals surface area contributed by atoms with E-state index in [1.165, 1.54) is 13.2 Å². The largest absolute Gasteiger partial charge is 0.465 e. The van der Waals surface area contributed by atoms with Crippen molar-refractivity contribution in [2.75, 3.05) is 37.5 Å². The Morgan fingerprint density at radius 1 is 1.40 bits per heavy atom. The maximum Gasteiger partial charge on any atom is 0.340 e. The zero-order valence-corrected chi connectivity index (χ0v) is 12.1. The molecule has 0 saturated heterocycles. The van der Waals surface area contributed by atoms with Crippen LogP contribution in [0, 0.1) is 10.1 Å². The summed E-state index contributed by atoms with van der Waals surface area (Å²) in [5.74, 6) is -0.586. The molecule has 7 heteroatoms. The van der Waals surface area contributed by atoms with Crippen molar-refractivity contribution < 1.29 is 14.5 Å². The zero-order chi connectivity index (χ0) is 15.3. The van der Waals surface area contributed by atoms with Gasteiger partial charge in [-0.15, -0.1) is 0 Å². The lowest BCUT2D eigenvalue weighted by Crippen LogP contribution is -2.24. The molecule has 0 aliphatic heterocycles. The van der Waals surface area contributed by atoms with E-state index in [0.29, 0.717) is 24.5 Å². The van der Waals surface area contributed by atoms with Gasteiger partial charge in [0, 0.05) is 26.2 Å². The molecule has 110 valence electrons. The van der Waals surface area contributed by atoms with Gasteiger partial charge < -0.3 is 15.0 Å². The highest BCUT2D eigenvalue weighted by Gasteiger charge is 2.23. The van der Waals surface area contributed by atoms with Crippen LogP contribution in [0.3, 0.4) is 0 Å². The van der Waals surface area contributed by atoms with Gasteiger partial charge in [0.05, 0.1) is 23.3 Å². The van der Waals surface area contributed by atoms with E-state index in [4.69, 9.17) is 4.74 Å². The number of nitro groups is 1. The van der Waals surface area contributed by atoms with Crippen LogP contribution in [0.5, 0.6) is 0 Å². The molecular weight excluding hydrogens is 262 g/mol. The Kier molecular flexibility index (Phi) is 5.31. The number of rotatable bonds is 6. The summed E-state index contributed by atoms with van der Waals surface area (Å²) in [5, 5.41) is 13.8. The summed E-state index contributed by atoms with van der Waals surface area (Å²) in [6.07, 6.45) is 0. The van der Waals surface area contributed by atoms with Crippen molar-refractivity contribution in [2.45, 2.75) is 13.8 Å². The van der Waals surface area contributed by atoms with E-state index in [1.807, 2.05) is 18.7 Å². The van der Waals surface area contributed by atoms with Gasteiger partial charge >= 0.3 is 5.97 Å². The van der Waals surface area contributed by atoms with Crippen molar-refractivity contribution in [1.82, 2.24) is 0 Å². The van der Waals surface area contributed by atoms with Crippen molar-refractivity contribution in [1.29, 1.82) is 0 Å². The molecule has 0 radical (unpaired) electrons. The minimum Gasteiger partial charge on any atom is -0.465 e. The maximum atomic E-state index is 11.9. The molecule has 0 saturated carbocycles. The minimum absolute atomic E-state index is 0.149. The van der Waals surface area contributed by atoms with Crippen molar-refractivity contribution in [3.63, 3.8) is 0 Å². The average Bonchev–Trinajstić information content (AvgIpc) is 2.46. The maximum absolute atomic E-state index is 11.9. The van der Waals surface area contributed by atoms with Crippen molar-refractivity contribution in [3.05, 3.63) is 27.8 Å². The number of nitrogens with one attached hydrogen (secondary N) is 1. The summed E-state index contributed by atoms with van der Waals surface area (Å²) in [6.45, 7) is 5.26. The zero-order valence-electron chi connectivity index (χ0n) is 12.1. The first kappa shape index (κ1) is 15.7. The molecule has 0 spiro atoms. The van der Waals surface area contributed by atoms with E-state index in [0.717, 1.165) is 0 Å². The van der Waals surface area contributed by atoms with Gasteiger partial charge in [-0.05, 0) is 19.9 Å². The summed E-state index contributed by atoms with van der Waals surface area (Å²) >= 11 is 0. The van der Waals surface area contributed by atoms with Crippen molar-refractivity contribution in [2.24, 2.45) is 0 Å². The monoisotopic (exact) mass is 281 g/mol. The summed E-state index contributed by atoms with van der Waals surface area (Å²) < 4.78 is 4.72. The van der Waals surface area contributed by atoms with Gasteiger partial charge in [0.25, 0.3) is 5.69 Å². The van der Waals surface area contributed by atoms with Crippen LogP contribution >= 0.6 is 0 Å². The van der Waals surface area contributed by atoms with Gasteiger partial charge in [0.2, 0.25) is 0 Å². The standard InChI is InChI=1S/C13H19N3O4/c1-5-15(6-2)11-8-10(14-3)12(16(18)19)7-9(11)13(17)20-4/h7-8,14H,5-6H2,1-4H3. The number of hydrogen-bond acceptors (Lipinski definition) is 6. The summed E-state index contributed by atoms with van der Waals surface area (Å²) in [7, 11) is 2.86. The lowest BCUT2D eigenvalue weighted by atomic mass is 10.1. The van der Waals surface area contributed by atoms with Gasteiger partial charge in [-0.3, -0.25) is 10.1 Å². The first-order chi connectivity index (χ1) is 9.49. The second-order valence-corrected chi connectivity index (χ2v) is 4.06. The van der Waals surface area contributed by atoms with Crippen LogP contribution in [0.2, 0.25) is 0 Å². The molecule has 0 aliphatic carbocycles. The Labute approximate surface area is 117 Å². The molecule has 1 aromatic rings. The number of anilines is 2. The fourth-order valence-electron chi connectivity index (χ4n) is 2.03. The SMILES string of the molecule is CCN(CC)c1cc(NC)c([N+](=O)[O-])cc1C(=O)OC. The molecule has 0 amide bonds. The Morgan fingerprint density at radius 3 is 2.40 bits per heavy atom. The predicted octanol–water partition coefficient (Wildman–Crippen LogP) is 2.27. The van der Waals surface area contributed by atoms with E-state index in [9.17, 15) is 14.9 Å². The Hall–Kier alpha value is -2.31. The van der Waals surface area contributed by atoms with Gasteiger partial charge in [-0.2, -0.15) is 0 Å². The van der Waals surface area contributed by atoms with Gasteiger partial charge in [0.15, 0.2) is 0 Å². The molecule has 7 nitrogen and oxygen atoms in total. The average molecular weight is 281 g/mol. The second kappa shape index (κ2) is 6.74. The molecule has 20 heavy (non-hydrogen) atoms. The second-order valence-electron chi connectivity index (χ2n) is 4.06. The fraction of sp³-hybridized carbons (Fsp3) is 0.462. The number of methoxy groups -OCH3 is 1. The lowest BCUT2D eigenvalue weighted by Gasteiger charge is -2.24. The highest BCUT2D eigenvalue weighted by molar-refractivity contribution is 5.98. The summed E-state index contributed by atoms with van der Waals surface area (Å²) in [4.78, 5) is 24.3. The molecule has 1 N–H and O–H groups in total. The number of nitrogens with zero attached hydrogens (tertiary/aromatic N) is 2. The van der Waals surface area contributed by atoms with Crippen LogP contribution in [-0.4, -0.2) is 38.1 Å². The molecule has 0 aliphatic rings. The molecule has 0 heterocycles. The van der Waals surface area contributed by atoms with Crippen LogP contribution in [0.15, 0.2) is 12.1 Å². The molecular formula is C13H19N3O4. The van der Waals surface area contributed by atoms with Crippen LogP contribution < -0.4 is 10.2 Å². The molecule has 0 bridgehead atoms. The third-order valence-corrected chi connectivity index (χ3v) is 3.09. The van der Waals surface area contributed by atoms with Crippen LogP contribution in [0.25, 0.3) is 0 Å². The molecule has 0 unspecified atom stereocenters. The van der Waals surface area contributed by atoms with E-state index < -0.39 is 10.9 Å². The lowest BCUT2D eigenvalue weighted by molar-refractivity contribution is -0.384. The van der Waals surface area contributed by atoms with E-state index in [2.05, 4.69) is 5.32 Å². The number of benzene rings is 1. The molecule has 0 atom stereocenters.